The Morgan fingerprint density at radius 1 is 1.44 bits per heavy atom. The molecule has 0 aromatic carbocycles. The lowest BCUT2D eigenvalue weighted by Crippen LogP contribution is -2.23. The van der Waals surface area contributed by atoms with Crippen molar-refractivity contribution in [1.29, 1.82) is 0 Å². The summed E-state index contributed by atoms with van der Waals surface area (Å²) in [5, 5.41) is 12.5. The molecule has 1 aromatic heterocycles. The Morgan fingerprint density at radius 3 is 2.94 bits per heavy atom. The topological polar surface area (TPSA) is 37.2 Å². The third kappa shape index (κ3) is 3.85. The van der Waals surface area contributed by atoms with Crippen LogP contribution in [0.1, 0.15) is 50.6 Å². The van der Waals surface area contributed by atoms with E-state index in [9.17, 15) is 0 Å². The van der Waals surface area contributed by atoms with Crippen molar-refractivity contribution in [3.8, 4) is 0 Å². The Kier molecular flexibility index (Phi) is 5.26. The highest BCUT2D eigenvalue weighted by molar-refractivity contribution is 5.18. The van der Waals surface area contributed by atoms with E-state index in [4.69, 9.17) is 5.11 Å². The van der Waals surface area contributed by atoms with Crippen LogP contribution in [0.5, 0.6) is 0 Å². The van der Waals surface area contributed by atoms with Gasteiger partial charge in [-0.05, 0) is 56.2 Å². The highest BCUT2D eigenvalue weighted by Gasteiger charge is 2.32. The van der Waals surface area contributed by atoms with Crippen LogP contribution < -0.4 is 5.32 Å². The predicted molar refractivity (Wildman–Crippen MR) is 74.5 cm³/mol. The first-order valence-corrected chi connectivity index (χ1v) is 7.35. The molecule has 1 atom stereocenters. The summed E-state index contributed by atoms with van der Waals surface area (Å²) < 4.78 is 2.26. The standard InChI is InChI=1S/C15H26N2O/c1-2-8-16-15(13-5-6-13)14-7-10-17(12-14)9-3-4-11-18/h7,10,12-13,15-16,18H,2-6,8-9,11H2,1H3. The van der Waals surface area contributed by atoms with Gasteiger partial charge in [-0.25, -0.2) is 0 Å². The lowest BCUT2D eigenvalue weighted by Gasteiger charge is -2.16. The van der Waals surface area contributed by atoms with E-state index in [1.54, 1.807) is 0 Å². The molecule has 0 spiro atoms. The molecule has 1 fully saturated rings. The van der Waals surface area contributed by atoms with Gasteiger partial charge < -0.3 is 15.0 Å². The first kappa shape index (κ1) is 13.6. The number of nitrogens with one attached hydrogen (secondary N) is 1. The monoisotopic (exact) mass is 250 g/mol. The average Bonchev–Trinajstić information content (AvgIpc) is 3.10. The summed E-state index contributed by atoms with van der Waals surface area (Å²) in [6.45, 7) is 4.65. The molecule has 18 heavy (non-hydrogen) atoms. The number of hydrogen-bond donors (Lipinski definition) is 2. The quantitative estimate of drug-likeness (QED) is 0.661. The molecule has 0 saturated heterocycles. The minimum absolute atomic E-state index is 0.302. The molecule has 1 unspecified atom stereocenters. The van der Waals surface area contributed by atoms with Gasteiger partial charge in [0.15, 0.2) is 0 Å². The van der Waals surface area contributed by atoms with Gasteiger partial charge in [-0.15, -0.1) is 0 Å². The van der Waals surface area contributed by atoms with Crippen LogP contribution in [0.15, 0.2) is 18.5 Å². The molecule has 1 aromatic rings. The minimum atomic E-state index is 0.302. The zero-order valence-electron chi connectivity index (χ0n) is 11.4. The lowest BCUT2D eigenvalue weighted by molar-refractivity contribution is 0.281. The summed E-state index contributed by atoms with van der Waals surface area (Å²) in [6, 6.07) is 2.81. The molecule has 1 aliphatic rings. The predicted octanol–water partition coefficient (Wildman–Crippen LogP) is 2.71. The molecule has 1 saturated carbocycles. The van der Waals surface area contributed by atoms with Gasteiger partial charge in [-0.2, -0.15) is 0 Å². The zero-order chi connectivity index (χ0) is 12.8. The van der Waals surface area contributed by atoms with E-state index in [0.29, 0.717) is 12.6 Å². The number of aromatic nitrogens is 1. The normalized spacial score (nSPS) is 17.0. The van der Waals surface area contributed by atoms with Crippen LogP contribution in [-0.2, 0) is 6.54 Å². The molecule has 0 radical (unpaired) electrons. The van der Waals surface area contributed by atoms with Crippen molar-refractivity contribution >= 4 is 0 Å². The van der Waals surface area contributed by atoms with E-state index in [-0.39, 0.29) is 0 Å². The maximum Gasteiger partial charge on any atom is 0.0431 e. The summed E-state index contributed by atoms with van der Waals surface area (Å²) in [5.74, 6) is 0.852. The lowest BCUT2D eigenvalue weighted by atomic mass is 10.1. The molecule has 3 heteroatoms. The van der Waals surface area contributed by atoms with Gasteiger partial charge in [-0.1, -0.05) is 6.92 Å². The minimum Gasteiger partial charge on any atom is -0.396 e. The molecular weight excluding hydrogens is 224 g/mol. The first-order valence-electron chi connectivity index (χ1n) is 7.35. The Bertz CT molecular complexity index is 344. The SMILES string of the molecule is CCCNC(c1ccn(CCCCO)c1)C1CC1. The van der Waals surface area contributed by atoms with Crippen LogP contribution in [0.3, 0.4) is 0 Å². The van der Waals surface area contributed by atoms with Gasteiger partial charge in [0.25, 0.3) is 0 Å². The number of aryl methyl sites for hydroxylation is 1. The second kappa shape index (κ2) is 6.95. The van der Waals surface area contributed by atoms with Crippen molar-refractivity contribution in [2.45, 2.75) is 51.6 Å². The number of unbranched alkanes of at least 4 members (excludes halogenated alkanes) is 1. The van der Waals surface area contributed by atoms with E-state index < -0.39 is 0 Å². The fourth-order valence-electron chi connectivity index (χ4n) is 2.47. The zero-order valence-corrected chi connectivity index (χ0v) is 11.4. The highest BCUT2D eigenvalue weighted by atomic mass is 16.2. The van der Waals surface area contributed by atoms with Gasteiger partial charge in [0.2, 0.25) is 0 Å². The third-order valence-corrected chi connectivity index (χ3v) is 3.66. The highest BCUT2D eigenvalue weighted by Crippen LogP contribution is 2.41. The first-order chi connectivity index (χ1) is 8.85. The van der Waals surface area contributed by atoms with Crippen LogP contribution in [0.25, 0.3) is 0 Å². The van der Waals surface area contributed by atoms with Crippen molar-refractivity contribution in [3.63, 3.8) is 0 Å². The van der Waals surface area contributed by atoms with Gasteiger partial charge in [-0.3, -0.25) is 0 Å². The molecule has 102 valence electrons. The Morgan fingerprint density at radius 2 is 2.28 bits per heavy atom. The summed E-state index contributed by atoms with van der Waals surface area (Å²) >= 11 is 0. The molecule has 0 bridgehead atoms. The van der Waals surface area contributed by atoms with Gasteiger partial charge in [0.05, 0.1) is 0 Å². The second-order valence-electron chi connectivity index (χ2n) is 5.38. The number of hydrogen-bond acceptors (Lipinski definition) is 2. The average molecular weight is 250 g/mol. The Balaban J connectivity index is 1.89. The maximum absolute atomic E-state index is 8.80. The Labute approximate surface area is 110 Å². The fourth-order valence-corrected chi connectivity index (χ4v) is 2.47. The molecule has 2 rings (SSSR count). The van der Waals surface area contributed by atoms with Crippen molar-refractivity contribution < 1.29 is 5.11 Å². The molecule has 1 heterocycles. The van der Waals surface area contributed by atoms with Crippen molar-refractivity contribution in [1.82, 2.24) is 9.88 Å². The second-order valence-corrected chi connectivity index (χ2v) is 5.38. The van der Waals surface area contributed by atoms with Gasteiger partial charge >= 0.3 is 0 Å². The molecule has 3 nitrogen and oxygen atoms in total. The number of rotatable bonds is 9. The fraction of sp³-hybridized carbons (Fsp3) is 0.733. The summed E-state index contributed by atoms with van der Waals surface area (Å²) in [4.78, 5) is 0. The summed E-state index contributed by atoms with van der Waals surface area (Å²) in [5.41, 5.74) is 1.44. The maximum atomic E-state index is 8.80. The van der Waals surface area contributed by atoms with Crippen LogP contribution in [0, 0.1) is 5.92 Å². The molecule has 0 aliphatic heterocycles. The van der Waals surface area contributed by atoms with E-state index in [1.165, 1.54) is 24.8 Å². The Hall–Kier alpha value is -0.800. The number of nitrogens with zero attached hydrogens (tertiary/aromatic N) is 1. The van der Waals surface area contributed by atoms with E-state index in [1.807, 2.05) is 0 Å². The van der Waals surface area contributed by atoms with Crippen LogP contribution in [0.4, 0.5) is 0 Å². The summed E-state index contributed by atoms with van der Waals surface area (Å²) in [7, 11) is 0. The molecule has 1 aliphatic carbocycles. The van der Waals surface area contributed by atoms with Crippen LogP contribution >= 0.6 is 0 Å². The van der Waals surface area contributed by atoms with E-state index in [0.717, 1.165) is 31.8 Å². The van der Waals surface area contributed by atoms with Crippen LogP contribution in [-0.4, -0.2) is 22.8 Å². The smallest absolute Gasteiger partial charge is 0.0431 e. The van der Waals surface area contributed by atoms with E-state index >= 15 is 0 Å². The molecular formula is C15H26N2O. The third-order valence-electron chi connectivity index (χ3n) is 3.66. The van der Waals surface area contributed by atoms with Crippen LogP contribution in [0.2, 0.25) is 0 Å². The largest absolute Gasteiger partial charge is 0.396 e. The summed E-state index contributed by atoms with van der Waals surface area (Å²) in [6.07, 6.45) is 10.3. The number of aliphatic hydroxyl groups excluding tert-OH is 1. The number of aliphatic hydroxyl groups is 1. The van der Waals surface area contributed by atoms with E-state index in [2.05, 4.69) is 35.3 Å². The molecule has 2 N–H and O–H groups in total. The van der Waals surface area contributed by atoms with Crippen molar-refractivity contribution in [2.75, 3.05) is 13.2 Å². The molecule has 0 amide bonds. The van der Waals surface area contributed by atoms with Gasteiger partial charge in [0.1, 0.15) is 0 Å². The van der Waals surface area contributed by atoms with Gasteiger partial charge in [0, 0.05) is 31.6 Å². The van der Waals surface area contributed by atoms with Crippen molar-refractivity contribution in [2.24, 2.45) is 5.92 Å². The van der Waals surface area contributed by atoms with Crippen molar-refractivity contribution in [3.05, 3.63) is 24.0 Å².